The van der Waals surface area contributed by atoms with Crippen molar-refractivity contribution in [2.75, 3.05) is 20.3 Å². The number of rotatable bonds is 8. The van der Waals surface area contributed by atoms with Crippen LogP contribution in [0.2, 0.25) is 0 Å². The summed E-state index contributed by atoms with van der Waals surface area (Å²) in [6, 6.07) is 3.64. The molecule has 0 aliphatic heterocycles. The maximum Gasteiger partial charge on any atom is 0.220 e. The lowest BCUT2D eigenvalue weighted by Gasteiger charge is -2.09. The number of carbonyl (C=O) groups excluding carboxylic acids is 1. The second kappa shape index (κ2) is 7.86. The predicted molar refractivity (Wildman–Crippen MR) is 62.5 cm³/mol. The molecule has 0 bridgehead atoms. The Kier molecular flexibility index (Phi) is 6.35. The number of furan rings is 1. The molecule has 0 saturated heterocycles. The molecule has 1 rings (SSSR count). The molecule has 1 aromatic rings. The summed E-state index contributed by atoms with van der Waals surface area (Å²) in [4.78, 5) is 11.4. The molecule has 1 heterocycles. The van der Waals surface area contributed by atoms with Crippen molar-refractivity contribution < 1.29 is 19.1 Å². The van der Waals surface area contributed by atoms with Gasteiger partial charge in [0.15, 0.2) is 0 Å². The SMILES string of the molecule is COCC(O)CCNC(=O)CCc1ccco1. The standard InChI is InChI=1S/C12H19NO4/c1-16-9-10(14)6-7-13-12(15)5-4-11-3-2-8-17-11/h2-3,8,10,14H,4-7,9H2,1H3,(H,13,15). The predicted octanol–water partition coefficient (Wildman–Crippen LogP) is 0.726. The lowest BCUT2D eigenvalue weighted by atomic mass is 10.2. The van der Waals surface area contributed by atoms with Crippen LogP contribution in [0.1, 0.15) is 18.6 Å². The molecule has 0 aromatic carbocycles. The minimum atomic E-state index is -0.523. The van der Waals surface area contributed by atoms with E-state index in [1.807, 2.05) is 6.07 Å². The second-order valence-electron chi connectivity index (χ2n) is 3.83. The van der Waals surface area contributed by atoms with E-state index in [1.54, 1.807) is 12.3 Å². The van der Waals surface area contributed by atoms with Crippen molar-refractivity contribution in [3.8, 4) is 0 Å². The van der Waals surface area contributed by atoms with E-state index in [0.717, 1.165) is 5.76 Å². The molecule has 1 aromatic heterocycles. The molecule has 96 valence electrons. The Morgan fingerprint density at radius 3 is 3.12 bits per heavy atom. The molecule has 0 fully saturated rings. The van der Waals surface area contributed by atoms with Crippen molar-refractivity contribution in [1.29, 1.82) is 0 Å². The highest BCUT2D eigenvalue weighted by Gasteiger charge is 2.06. The van der Waals surface area contributed by atoms with E-state index in [0.29, 0.717) is 32.4 Å². The van der Waals surface area contributed by atoms with Crippen molar-refractivity contribution >= 4 is 5.91 Å². The van der Waals surface area contributed by atoms with Gasteiger partial charge in [0, 0.05) is 26.5 Å². The summed E-state index contributed by atoms with van der Waals surface area (Å²) in [6.45, 7) is 0.754. The van der Waals surface area contributed by atoms with Crippen LogP contribution >= 0.6 is 0 Å². The summed E-state index contributed by atoms with van der Waals surface area (Å²) in [5.41, 5.74) is 0. The van der Waals surface area contributed by atoms with Gasteiger partial charge in [-0.2, -0.15) is 0 Å². The van der Waals surface area contributed by atoms with Crippen LogP contribution in [0.4, 0.5) is 0 Å². The first-order valence-electron chi connectivity index (χ1n) is 5.68. The van der Waals surface area contributed by atoms with Gasteiger partial charge in [0.1, 0.15) is 5.76 Å². The van der Waals surface area contributed by atoms with Gasteiger partial charge < -0.3 is 19.6 Å². The fourth-order valence-corrected chi connectivity index (χ4v) is 1.43. The molecular formula is C12H19NO4. The number of carbonyl (C=O) groups is 1. The van der Waals surface area contributed by atoms with Crippen LogP contribution in [0, 0.1) is 0 Å². The van der Waals surface area contributed by atoms with E-state index >= 15 is 0 Å². The van der Waals surface area contributed by atoms with Gasteiger partial charge in [0.2, 0.25) is 5.91 Å². The Bertz CT molecular complexity index is 310. The van der Waals surface area contributed by atoms with Gasteiger partial charge in [0.05, 0.1) is 19.0 Å². The van der Waals surface area contributed by atoms with Crippen LogP contribution < -0.4 is 5.32 Å². The Hall–Kier alpha value is -1.33. The summed E-state index contributed by atoms with van der Waals surface area (Å²) in [7, 11) is 1.53. The van der Waals surface area contributed by atoms with Crippen LogP contribution in [-0.2, 0) is 16.0 Å². The average molecular weight is 241 g/mol. The van der Waals surface area contributed by atoms with Crippen LogP contribution in [0.3, 0.4) is 0 Å². The Morgan fingerprint density at radius 2 is 2.47 bits per heavy atom. The minimum absolute atomic E-state index is 0.0361. The summed E-state index contributed by atoms with van der Waals surface area (Å²) in [5, 5.41) is 12.1. The van der Waals surface area contributed by atoms with E-state index in [2.05, 4.69) is 5.32 Å². The van der Waals surface area contributed by atoms with Crippen molar-refractivity contribution in [3.63, 3.8) is 0 Å². The third-order valence-corrected chi connectivity index (χ3v) is 2.34. The molecule has 0 radical (unpaired) electrons. The first kappa shape index (κ1) is 13.7. The van der Waals surface area contributed by atoms with Crippen LogP contribution in [0.25, 0.3) is 0 Å². The van der Waals surface area contributed by atoms with Crippen molar-refractivity contribution in [2.45, 2.75) is 25.4 Å². The Balaban J connectivity index is 2.05. The van der Waals surface area contributed by atoms with E-state index < -0.39 is 6.10 Å². The van der Waals surface area contributed by atoms with Gasteiger partial charge in [-0.1, -0.05) is 0 Å². The van der Waals surface area contributed by atoms with Gasteiger partial charge in [-0.3, -0.25) is 4.79 Å². The third kappa shape index (κ3) is 6.09. The number of methoxy groups -OCH3 is 1. The summed E-state index contributed by atoms with van der Waals surface area (Å²) < 4.78 is 9.90. The number of ether oxygens (including phenoxy) is 1. The molecule has 17 heavy (non-hydrogen) atoms. The largest absolute Gasteiger partial charge is 0.469 e. The third-order valence-electron chi connectivity index (χ3n) is 2.34. The second-order valence-corrected chi connectivity index (χ2v) is 3.83. The first-order valence-corrected chi connectivity index (χ1v) is 5.68. The van der Waals surface area contributed by atoms with E-state index in [9.17, 15) is 9.90 Å². The highest BCUT2D eigenvalue weighted by Crippen LogP contribution is 2.03. The minimum Gasteiger partial charge on any atom is -0.469 e. The maximum atomic E-state index is 11.4. The fourth-order valence-electron chi connectivity index (χ4n) is 1.43. The van der Waals surface area contributed by atoms with Gasteiger partial charge in [-0.15, -0.1) is 0 Å². The van der Waals surface area contributed by atoms with Gasteiger partial charge in [-0.05, 0) is 18.6 Å². The van der Waals surface area contributed by atoms with E-state index in [4.69, 9.17) is 9.15 Å². The average Bonchev–Trinajstić information content (AvgIpc) is 2.79. The lowest BCUT2D eigenvalue weighted by molar-refractivity contribution is -0.121. The van der Waals surface area contributed by atoms with Gasteiger partial charge in [-0.25, -0.2) is 0 Å². The Labute approximate surface area is 101 Å². The van der Waals surface area contributed by atoms with Crippen LogP contribution in [0.5, 0.6) is 0 Å². The molecular weight excluding hydrogens is 222 g/mol. The zero-order valence-electron chi connectivity index (χ0n) is 10.0. The molecule has 1 unspecified atom stereocenters. The fraction of sp³-hybridized carbons (Fsp3) is 0.583. The topological polar surface area (TPSA) is 71.7 Å². The smallest absolute Gasteiger partial charge is 0.220 e. The molecule has 5 nitrogen and oxygen atoms in total. The number of aliphatic hydroxyl groups excluding tert-OH is 1. The maximum absolute atomic E-state index is 11.4. The van der Waals surface area contributed by atoms with Gasteiger partial charge >= 0.3 is 0 Å². The van der Waals surface area contributed by atoms with Crippen LogP contribution in [-0.4, -0.2) is 37.4 Å². The zero-order chi connectivity index (χ0) is 12.5. The molecule has 1 atom stereocenters. The Morgan fingerprint density at radius 1 is 1.65 bits per heavy atom. The van der Waals surface area contributed by atoms with Crippen molar-refractivity contribution in [2.24, 2.45) is 0 Å². The summed E-state index contributed by atoms with van der Waals surface area (Å²) in [5.74, 6) is 0.769. The van der Waals surface area contributed by atoms with Crippen molar-refractivity contribution in [1.82, 2.24) is 5.32 Å². The molecule has 0 aliphatic rings. The number of aryl methyl sites for hydroxylation is 1. The highest BCUT2D eigenvalue weighted by atomic mass is 16.5. The molecule has 0 saturated carbocycles. The molecule has 1 amide bonds. The normalized spacial score (nSPS) is 12.4. The zero-order valence-corrected chi connectivity index (χ0v) is 10.0. The number of hydrogen-bond acceptors (Lipinski definition) is 4. The number of amides is 1. The molecule has 2 N–H and O–H groups in total. The summed E-state index contributed by atoms with van der Waals surface area (Å²) in [6.07, 6.45) is 2.56. The number of aliphatic hydroxyl groups is 1. The highest BCUT2D eigenvalue weighted by molar-refractivity contribution is 5.75. The molecule has 0 aliphatic carbocycles. The lowest BCUT2D eigenvalue weighted by Crippen LogP contribution is -2.28. The van der Waals surface area contributed by atoms with Crippen LogP contribution in [0.15, 0.2) is 22.8 Å². The molecule has 0 spiro atoms. The number of nitrogens with one attached hydrogen (secondary N) is 1. The first-order chi connectivity index (χ1) is 8.22. The van der Waals surface area contributed by atoms with Gasteiger partial charge in [0.25, 0.3) is 0 Å². The monoisotopic (exact) mass is 241 g/mol. The van der Waals surface area contributed by atoms with Crippen molar-refractivity contribution in [3.05, 3.63) is 24.2 Å². The molecule has 5 heteroatoms. The number of hydrogen-bond donors (Lipinski definition) is 2. The summed E-state index contributed by atoms with van der Waals surface area (Å²) >= 11 is 0. The van der Waals surface area contributed by atoms with E-state index in [1.165, 1.54) is 7.11 Å². The van der Waals surface area contributed by atoms with E-state index in [-0.39, 0.29) is 5.91 Å². The quantitative estimate of drug-likeness (QED) is 0.703.